The summed E-state index contributed by atoms with van der Waals surface area (Å²) in [5, 5.41) is -1.53. The highest BCUT2D eigenvalue weighted by atomic mass is 35.7. The molecule has 0 spiro atoms. The van der Waals surface area contributed by atoms with Crippen LogP contribution >= 0.6 is 16.6 Å². The first-order valence-corrected chi connectivity index (χ1v) is 7.02. The molecule has 56 valence electrons. The zero-order valence-electron chi connectivity index (χ0n) is 6.39. The first kappa shape index (κ1) is 9.94. The van der Waals surface area contributed by atoms with E-state index in [4.69, 9.17) is 23.0 Å². The molecule has 0 aromatic heterocycles. The Morgan fingerprint density at radius 2 is 1.33 bits per heavy atom. The van der Waals surface area contributed by atoms with E-state index in [2.05, 4.69) is 27.7 Å². The predicted molar refractivity (Wildman–Crippen MR) is 50.4 cm³/mol. The third kappa shape index (κ3) is 2.57. The minimum Gasteiger partial charge on any atom is -0.0850 e. The number of rotatable bonds is 2. The van der Waals surface area contributed by atoms with Crippen LogP contribution in [0.5, 0.6) is 0 Å². The summed E-state index contributed by atoms with van der Waals surface area (Å²) in [5.74, 6) is 0. The molecule has 0 aromatic carbocycles. The van der Waals surface area contributed by atoms with Gasteiger partial charge in [0.15, 0.2) is 0 Å². The minimum atomic E-state index is -1.53. The third-order valence-electron chi connectivity index (χ3n) is 1.41. The second-order valence-corrected chi connectivity index (χ2v) is 10.2. The monoisotopic (exact) mass is 184 g/mol. The van der Waals surface area contributed by atoms with Crippen LogP contribution in [0.15, 0.2) is 0 Å². The Hall–Kier alpha value is 0.940. The molecule has 0 unspecified atom stereocenters. The van der Waals surface area contributed by atoms with Crippen LogP contribution in [-0.4, -0.2) is 11.3 Å². The van der Waals surface area contributed by atoms with Crippen molar-refractivity contribution in [3.8, 4) is 0 Å². The molecule has 0 aromatic rings. The minimum absolute atomic E-state index is 0.481. The smallest absolute Gasteiger partial charge is 0.0435 e. The maximum atomic E-state index is 6.13. The summed E-state index contributed by atoms with van der Waals surface area (Å²) in [6.45, 7) is 8.42. The summed E-state index contributed by atoms with van der Waals surface area (Å²) in [7, 11) is 0. The SMILES string of the molecule is CC(C)P(=S)(Cl)C(C)C. The molecule has 9 heavy (non-hydrogen) atoms. The standard InChI is InChI=1S/C6H14ClPS/c1-5(2)8(7,9)6(3)4/h5-6H,1-4H3. The molecule has 0 amide bonds. The van der Waals surface area contributed by atoms with Gasteiger partial charge < -0.3 is 0 Å². The first-order chi connectivity index (χ1) is 3.89. The van der Waals surface area contributed by atoms with Crippen LogP contribution in [0.2, 0.25) is 0 Å². The molecule has 0 fully saturated rings. The summed E-state index contributed by atoms with van der Waals surface area (Å²) in [4.78, 5) is 0. The predicted octanol–water partition coefficient (Wildman–Crippen LogP) is 3.44. The molecule has 0 rings (SSSR count). The topological polar surface area (TPSA) is 0 Å². The van der Waals surface area contributed by atoms with Gasteiger partial charge in [-0.2, -0.15) is 0 Å². The van der Waals surface area contributed by atoms with Crippen molar-refractivity contribution in [1.82, 2.24) is 0 Å². The van der Waals surface area contributed by atoms with Crippen LogP contribution in [0.3, 0.4) is 0 Å². The van der Waals surface area contributed by atoms with Gasteiger partial charge in [0.25, 0.3) is 0 Å². The molecular weight excluding hydrogens is 171 g/mol. The van der Waals surface area contributed by atoms with Crippen LogP contribution in [0.1, 0.15) is 27.7 Å². The van der Waals surface area contributed by atoms with Gasteiger partial charge in [-0.05, 0) is 11.3 Å². The Morgan fingerprint density at radius 3 is 1.33 bits per heavy atom. The Kier molecular flexibility index (Phi) is 3.72. The normalized spacial score (nSPS) is 13.2. The van der Waals surface area contributed by atoms with Gasteiger partial charge >= 0.3 is 0 Å². The van der Waals surface area contributed by atoms with E-state index >= 15 is 0 Å². The van der Waals surface area contributed by atoms with Crippen LogP contribution in [0.4, 0.5) is 0 Å². The molecule has 0 aliphatic rings. The lowest BCUT2D eigenvalue weighted by Crippen LogP contribution is -2.01. The molecular formula is C6H14ClPS. The molecule has 3 heteroatoms. The van der Waals surface area contributed by atoms with Crippen molar-refractivity contribution in [2.24, 2.45) is 0 Å². The highest BCUT2D eigenvalue weighted by Gasteiger charge is 2.21. The second-order valence-electron chi connectivity index (χ2n) is 2.81. The highest BCUT2D eigenvalue weighted by Crippen LogP contribution is 2.59. The molecule has 0 N–H and O–H groups in total. The van der Waals surface area contributed by atoms with Crippen LogP contribution in [0.25, 0.3) is 0 Å². The molecule has 0 atom stereocenters. The second kappa shape index (κ2) is 3.37. The van der Waals surface area contributed by atoms with Crippen molar-refractivity contribution < 1.29 is 0 Å². The molecule has 0 saturated heterocycles. The Balaban J connectivity index is 4.21. The van der Waals surface area contributed by atoms with Gasteiger partial charge in [0, 0.05) is 5.39 Å². The average molecular weight is 185 g/mol. The zero-order valence-corrected chi connectivity index (χ0v) is 8.85. The van der Waals surface area contributed by atoms with E-state index < -0.39 is 5.39 Å². The largest absolute Gasteiger partial charge is 0.0850 e. The Labute approximate surface area is 67.8 Å². The summed E-state index contributed by atoms with van der Waals surface area (Å²) >= 11 is 11.4. The van der Waals surface area contributed by atoms with E-state index in [1.165, 1.54) is 0 Å². The summed E-state index contributed by atoms with van der Waals surface area (Å²) in [6, 6.07) is 0. The molecule has 0 saturated carbocycles. The fourth-order valence-electron chi connectivity index (χ4n) is 0.596. The quantitative estimate of drug-likeness (QED) is 0.593. The third-order valence-corrected chi connectivity index (χ3v) is 9.10. The molecule has 0 bridgehead atoms. The Morgan fingerprint density at radius 1 is 1.11 bits per heavy atom. The highest BCUT2D eigenvalue weighted by molar-refractivity contribution is 8.27. The van der Waals surface area contributed by atoms with Gasteiger partial charge in [-0.1, -0.05) is 50.7 Å². The van der Waals surface area contributed by atoms with Crippen LogP contribution in [-0.2, 0) is 11.8 Å². The maximum absolute atomic E-state index is 6.13. The van der Waals surface area contributed by atoms with Crippen molar-refractivity contribution in [1.29, 1.82) is 0 Å². The van der Waals surface area contributed by atoms with Crippen molar-refractivity contribution in [3.63, 3.8) is 0 Å². The first-order valence-electron chi connectivity index (χ1n) is 3.18. The van der Waals surface area contributed by atoms with E-state index in [9.17, 15) is 0 Å². The van der Waals surface area contributed by atoms with Crippen molar-refractivity contribution >= 4 is 28.4 Å². The molecule has 0 heterocycles. The van der Waals surface area contributed by atoms with Gasteiger partial charge in [-0.25, -0.2) is 0 Å². The van der Waals surface area contributed by atoms with Crippen molar-refractivity contribution in [2.45, 2.75) is 39.0 Å². The molecule has 0 radical (unpaired) electrons. The van der Waals surface area contributed by atoms with E-state index in [1.54, 1.807) is 0 Å². The average Bonchev–Trinajstić information content (AvgIpc) is 1.65. The van der Waals surface area contributed by atoms with Gasteiger partial charge in [0.1, 0.15) is 0 Å². The van der Waals surface area contributed by atoms with Crippen molar-refractivity contribution in [3.05, 3.63) is 0 Å². The Bertz CT molecular complexity index is 119. The summed E-state index contributed by atoms with van der Waals surface area (Å²) in [6.07, 6.45) is 0. The number of hydrogen-bond donors (Lipinski definition) is 0. The lowest BCUT2D eigenvalue weighted by molar-refractivity contribution is 1.02. The molecule has 0 aliphatic heterocycles. The van der Waals surface area contributed by atoms with Gasteiger partial charge in [-0.15, -0.1) is 0 Å². The van der Waals surface area contributed by atoms with E-state index in [0.717, 1.165) is 0 Å². The summed E-state index contributed by atoms with van der Waals surface area (Å²) in [5.41, 5.74) is 0.961. The van der Waals surface area contributed by atoms with Gasteiger partial charge in [0.2, 0.25) is 0 Å². The number of halogens is 1. The molecule has 0 nitrogen and oxygen atoms in total. The lowest BCUT2D eigenvalue weighted by Gasteiger charge is -2.21. The molecule has 0 aliphatic carbocycles. The maximum Gasteiger partial charge on any atom is 0.0435 e. The van der Waals surface area contributed by atoms with Crippen LogP contribution < -0.4 is 0 Å². The fourth-order valence-corrected chi connectivity index (χ4v) is 1.79. The van der Waals surface area contributed by atoms with E-state index in [1.807, 2.05) is 0 Å². The zero-order chi connectivity index (χ0) is 7.65. The van der Waals surface area contributed by atoms with Gasteiger partial charge in [-0.3, -0.25) is 0 Å². The summed E-state index contributed by atoms with van der Waals surface area (Å²) < 4.78 is 0. The lowest BCUT2D eigenvalue weighted by atomic mass is 10.5. The van der Waals surface area contributed by atoms with Gasteiger partial charge in [0.05, 0.1) is 0 Å². The van der Waals surface area contributed by atoms with E-state index in [-0.39, 0.29) is 0 Å². The number of hydrogen-bond acceptors (Lipinski definition) is 1. The van der Waals surface area contributed by atoms with E-state index in [0.29, 0.717) is 11.3 Å². The van der Waals surface area contributed by atoms with Crippen LogP contribution in [0, 0.1) is 0 Å². The fraction of sp³-hybridized carbons (Fsp3) is 1.00. The van der Waals surface area contributed by atoms with Crippen molar-refractivity contribution in [2.75, 3.05) is 0 Å².